The topological polar surface area (TPSA) is 20.3 Å². The molecule has 1 heterocycles. The monoisotopic (exact) mass is 393 g/mol. The molecule has 18 heavy (non-hydrogen) atoms. The zero-order valence-corrected chi connectivity index (χ0v) is 13.9. The van der Waals surface area contributed by atoms with E-state index in [9.17, 15) is 4.79 Å². The summed E-state index contributed by atoms with van der Waals surface area (Å²) in [4.78, 5) is 14.8. The number of halogens is 3. The molecule has 0 N–H and O–H groups in total. The van der Waals surface area contributed by atoms with Gasteiger partial charge in [-0.25, -0.2) is 0 Å². The molecule has 2 atom stereocenters. The maximum atomic E-state index is 12.4. The van der Waals surface area contributed by atoms with Crippen molar-refractivity contribution in [3.8, 4) is 0 Å². The highest BCUT2D eigenvalue weighted by Gasteiger charge is 2.28. The first-order valence-electron chi connectivity index (χ1n) is 5.87. The second kappa shape index (κ2) is 5.93. The number of carbonyl (C=O) groups excluding carboxylic acids is 1. The molecular weight excluding hydrogens is 381 g/mol. The summed E-state index contributed by atoms with van der Waals surface area (Å²) < 4.78 is 0.886. The van der Waals surface area contributed by atoms with Crippen molar-refractivity contribution in [2.75, 3.05) is 13.1 Å². The van der Waals surface area contributed by atoms with Crippen LogP contribution in [-0.4, -0.2) is 28.7 Å². The lowest BCUT2D eigenvalue weighted by Gasteiger charge is -2.34. The van der Waals surface area contributed by atoms with Crippen LogP contribution in [0.3, 0.4) is 0 Å². The lowest BCUT2D eigenvalue weighted by atomic mass is 9.99. The average Bonchev–Trinajstić information content (AvgIpc) is 2.32. The van der Waals surface area contributed by atoms with Crippen LogP contribution in [0.4, 0.5) is 0 Å². The van der Waals surface area contributed by atoms with E-state index in [1.165, 1.54) is 0 Å². The van der Waals surface area contributed by atoms with Gasteiger partial charge in [0.1, 0.15) is 0 Å². The van der Waals surface area contributed by atoms with Gasteiger partial charge in [-0.3, -0.25) is 4.79 Å². The van der Waals surface area contributed by atoms with Gasteiger partial charge in [-0.1, -0.05) is 50.4 Å². The Bertz CT molecular complexity index is 466. The number of carbonyl (C=O) groups is 1. The fraction of sp³-hybridized carbons (Fsp3) is 0.462. The van der Waals surface area contributed by atoms with Gasteiger partial charge in [0.05, 0.1) is 10.6 Å². The van der Waals surface area contributed by atoms with Gasteiger partial charge in [-0.15, -0.1) is 0 Å². The Morgan fingerprint density at radius 1 is 1.50 bits per heavy atom. The lowest BCUT2D eigenvalue weighted by Crippen LogP contribution is -2.43. The first-order valence-corrected chi connectivity index (χ1v) is 7.96. The normalized spacial score (nSPS) is 24.1. The van der Waals surface area contributed by atoms with E-state index in [-0.39, 0.29) is 5.91 Å². The summed E-state index contributed by atoms with van der Waals surface area (Å²) in [5, 5.41) is 0.503. The van der Waals surface area contributed by atoms with Gasteiger partial charge in [0.2, 0.25) is 0 Å². The summed E-state index contributed by atoms with van der Waals surface area (Å²) in [5.41, 5.74) is 0.583. The molecule has 0 saturated carbocycles. The molecular formula is C13H14Br2ClNO. The number of hydrogen-bond acceptors (Lipinski definition) is 1. The third-order valence-electron chi connectivity index (χ3n) is 3.25. The van der Waals surface area contributed by atoms with E-state index in [0.717, 1.165) is 24.0 Å². The van der Waals surface area contributed by atoms with Crippen molar-refractivity contribution in [2.24, 2.45) is 5.92 Å². The van der Waals surface area contributed by atoms with Crippen LogP contribution in [0.5, 0.6) is 0 Å². The molecule has 2 unspecified atom stereocenters. The van der Waals surface area contributed by atoms with Crippen molar-refractivity contribution in [1.82, 2.24) is 4.90 Å². The quantitative estimate of drug-likeness (QED) is 0.648. The van der Waals surface area contributed by atoms with Crippen LogP contribution in [0.1, 0.15) is 23.7 Å². The van der Waals surface area contributed by atoms with E-state index >= 15 is 0 Å². The lowest BCUT2D eigenvalue weighted by molar-refractivity contribution is 0.0690. The number of alkyl halides is 1. The Hall–Kier alpha value is -0.0600. The maximum Gasteiger partial charge on any atom is 0.255 e. The van der Waals surface area contributed by atoms with Gasteiger partial charge in [0.15, 0.2) is 0 Å². The maximum absolute atomic E-state index is 12.4. The number of piperidine rings is 1. The first-order chi connectivity index (χ1) is 8.49. The average molecular weight is 396 g/mol. The van der Waals surface area contributed by atoms with Gasteiger partial charge in [-0.05, 0) is 30.5 Å². The fourth-order valence-electron chi connectivity index (χ4n) is 2.13. The van der Waals surface area contributed by atoms with Gasteiger partial charge in [0, 0.05) is 22.4 Å². The number of likely N-dealkylation sites (tertiary alicyclic amines) is 1. The highest BCUT2D eigenvalue weighted by molar-refractivity contribution is 9.10. The molecule has 0 spiro atoms. The van der Waals surface area contributed by atoms with Gasteiger partial charge in [0.25, 0.3) is 5.91 Å². The fourth-order valence-corrected chi connectivity index (χ4v) is 3.26. The molecule has 5 heteroatoms. The molecule has 1 saturated heterocycles. The summed E-state index contributed by atoms with van der Waals surface area (Å²) in [6.45, 7) is 3.72. The summed E-state index contributed by atoms with van der Waals surface area (Å²) in [7, 11) is 0. The molecule has 1 aromatic carbocycles. The summed E-state index contributed by atoms with van der Waals surface area (Å²) in [6.07, 6.45) is 0.987. The van der Waals surface area contributed by atoms with Crippen molar-refractivity contribution in [3.05, 3.63) is 33.3 Å². The van der Waals surface area contributed by atoms with Gasteiger partial charge in [-0.2, -0.15) is 0 Å². The first kappa shape index (κ1) is 14.4. The van der Waals surface area contributed by atoms with Crippen LogP contribution in [0.25, 0.3) is 0 Å². The molecule has 98 valence electrons. The number of benzene rings is 1. The van der Waals surface area contributed by atoms with E-state index in [1.54, 1.807) is 12.1 Å². The van der Waals surface area contributed by atoms with E-state index in [1.807, 2.05) is 11.0 Å². The Morgan fingerprint density at radius 3 is 2.83 bits per heavy atom. The predicted octanol–water partition coefficient (Wildman–Crippen LogP) is 4.35. The molecule has 0 radical (unpaired) electrons. The highest BCUT2D eigenvalue weighted by Crippen LogP contribution is 2.27. The molecule has 0 bridgehead atoms. The smallest absolute Gasteiger partial charge is 0.255 e. The minimum atomic E-state index is 0.0266. The minimum absolute atomic E-state index is 0.0266. The van der Waals surface area contributed by atoms with E-state index in [2.05, 4.69) is 38.8 Å². The SMILES string of the molecule is CC1CN(C(=O)c2ccc(Br)cc2Cl)CCC1Br. The third kappa shape index (κ3) is 3.09. The summed E-state index contributed by atoms with van der Waals surface area (Å²) in [6, 6.07) is 5.38. The van der Waals surface area contributed by atoms with Gasteiger partial charge >= 0.3 is 0 Å². The Labute approximate surface area is 129 Å². The largest absolute Gasteiger partial charge is 0.338 e. The van der Waals surface area contributed by atoms with E-state index in [4.69, 9.17) is 11.6 Å². The molecule has 1 aliphatic heterocycles. The van der Waals surface area contributed by atoms with Crippen molar-refractivity contribution >= 4 is 49.4 Å². The standard InChI is InChI=1S/C13H14Br2ClNO/c1-8-7-17(5-4-11(8)15)13(18)10-3-2-9(14)6-12(10)16/h2-3,6,8,11H,4-5,7H2,1H3. The van der Waals surface area contributed by atoms with Crippen molar-refractivity contribution in [2.45, 2.75) is 18.2 Å². The van der Waals surface area contributed by atoms with Crippen LogP contribution in [0.15, 0.2) is 22.7 Å². The highest BCUT2D eigenvalue weighted by atomic mass is 79.9. The molecule has 1 aliphatic rings. The Balaban J connectivity index is 2.16. The van der Waals surface area contributed by atoms with Crippen LogP contribution >= 0.6 is 43.5 Å². The number of hydrogen-bond donors (Lipinski definition) is 0. The molecule has 1 amide bonds. The zero-order chi connectivity index (χ0) is 13.3. The zero-order valence-electron chi connectivity index (χ0n) is 10.00. The number of amides is 1. The Morgan fingerprint density at radius 2 is 2.22 bits per heavy atom. The van der Waals surface area contributed by atoms with Crippen LogP contribution < -0.4 is 0 Å². The van der Waals surface area contributed by atoms with Crippen LogP contribution in [-0.2, 0) is 0 Å². The van der Waals surface area contributed by atoms with E-state index < -0.39 is 0 Å². The molecule has 2 rings (SSSR count). The van der Waals surface area contributed by atoms with E-state index in [0.29, 0.717) is 21.3 Å². The van der Waals surface area contributed by atoms with Crippen molar-refractivity contribution < 1.29 is 4.79 Å². The Kier molecular flexibility index (Phi) is 4.73. The van der Waals surface area contributed by atoms with Crippen LogP contribution in [0.2, 0.25) is 5.02 Å². The third-order valence-corrected chi connectivity index (χ3v) is 5.42. The number of rotatable bonds is 1. The number of nitrogens with zero attached hydrogens (tertiary/aromatic N) is 1. The summed E-state index contributed by atoms with van der Waals surface area (Å²) in [5.74, 6) is 0.496. The van der Waals surface area contributed by atoms with Crippen molar-refractivity contribution in [1.29, 1.82) is 0 Å². The second-order valence-electron chi connectivity index (χ2n) is 4.66. The molecule has 1 fully saturated rings. The summed E-state index contributed by atoms with van der Waals surface area (Å²) >= 11 is 13.1. The second-order valence-corrected chi connectivity index (χ2v) is 7.16. The predicted molar refractivity (Wildman–Crippen MR) is 81.6 cm³/mol. The van der Waals surface area contributed by atoms with Crippen molar-refractivity contribution in [3.63, 3.8) is 0 Å². The molecule has 2 nitrogen and oxygen atoms in total. The minimum Gasteiger partial charge on any atom is -0.338 e. The molecule has 0 aromatic heterocycles. The molecule has 1 aromatic rings. The van der Waals surface area contributed by atoms with Crippen LogP contribution in [0, 0.1) is 5.92 Å². The van der Waals surface area contributed by atoms with Gasteiger partial charge < -0.3 is 4.90 Å². The molecule has 0 aliphatic carbocycles.